The number of hydrogen-bond donors (Lipinski definition) is 0. The van der Waals surface area contributed by atoms with Gasteiger partial charge in [-0.25, -0.2) is 9.97 Å². The minimum absolute atomic E-state index is 0.320. The molecule has 3 heterocycles. The molecule has 43 heavy (non-hydrogen) atoms. The van der Waals surface area contributed by atoms with E-state index in [1.807, 2.05) is 25.3 Å². The first-order chi connectivity index (χ1) is 21.3. The standard InChI is InChI=1S/C39H26N4/c1-22-37-33(14-8-20-40-37)42-39(41-22)43-34-15-7-6-13-27(34)32-21-31-26-12-5-4-11-25(26)28-18-19-29(31)36(38(32)43)30-17-16-23-9-2-3-10-24(23)35(28)30/h2-17,20-21,28H,18-19H2,1H3. The highest BCUT2D eigenvalue weighted by molar-refractivity contribution is 6.17. The summed E-state index contributed by atoms with van der Waals surface area (Å²) in [5.74, 6) is 1.01. The molecule has 2 bridgehead atoms. The predicted octanol–water partition coefficient (Wildman–Crippen LogP) is 9.31. The maximum absolute atomic E-state index is 5.13. The summed E-state index contributed by atoms with van der Waals surface area (Å²) in [5, 5.41) is 5.10. The number of aromatic nitrogens is 4. The molecule has 0 saturated heterocycles. The number of benzene rings is 5. The zero-order valence-electron chi connectivity index (χ0n) is 23.7. The molecule has 10 rings (SSSR count). The second-order valence-electron chi connectivity index (χ2n) is 11.9. The molecule has 0 aliphatic heterocycles. The van der Waals surface area contributed by atoms with Gasteiger partial charge in [0.15, 0.2) is 0 Å². The monoisotopic (exact) mass is 550 g/mol. The van der Waals surface area contributed by atoms with Gasteiger partial charge in [0.25, 0.3) is 0 Å². The first kappa shape index (κ1) is 23.2. The minimum atomic E-state index is 0.320. The van der Waals surface area contributed by atoms with Gasteiger partial charge in [-0.2, -0.15) is 0 Å². The molecular formula is C39H26N4. The third-order valence-electron chi connectivity index (χ3n) is 9.78. The van der Waals surface area contributed by atoms with Crippen LogP contribution in [0.2, 0.25) is 0 Å². The molecule has 3 aromatic heterocycles. The summed E-state index contributed by atoms with van der Waals surface area (Å²) in [6.45, 7) is 2.04. The molecule has 202 valence electrons. The fraction of sp³-hybridized carbons (Fsp3) is 0.103. The topological polar surface area (TPSA) is 43.6 Å². The Labute approximate surface area is 248 Å². The summed E-state index contributed by atoms with van der Waals surface area (Å²) >= 11 is 0. The number of hydrogen-bond acceptors (Lipinski definition) is 3. The lowest BCUT2D eigenvalue weighted by Crippen LogP contribution is -2.07. The van der Waals surface area contributed by atoms with Gasteiger partial charge < -0.3 is 0 Å². The van der Waals surface area contributed by atoms with Crippen molar-refractivity contribution in [2.45, 2.75) is 25.7 Å². The lowest BCUT2D eigenvalue weighted by atomic mass is 9.78. The molecule has 2 aliphatic rings. The van der Waals surface area contributed by atoms with E-state index < -0.39 is 0 Å². The van der Waals surface area contributed by atoms with Gasteiger partial charge in [-0.1, -0.05) is 78.9 Å². The molecule has 8 aromatic rings. The maximum Gasteiger partial charge on any atom is 0.235 e. The molecule has 0 spiro atoms. The summed E-state index contributed by atoms with van der Waals surface area (Å²) in [6.07, 6.45) is 3.92. The van der Waals surface area contributed by atoms with Gasteiger partial charge in [0.1, 0.15) is 5.52 Å². The van der Waals surface area contributed by atoms with E-state index in [1.54, 1.807) is 0 Å². The van der Waals surface area contributed by atoms with Crippen molar-refractivity contribution in [1.29, 1.82) is 0 Å². The number of aryl methyl sites for hydroxylation is 1. The zero-order chi connectivity index (χ0) is 28.2. The van der Waals surface area contributed by atoms with Gasteiger partial charge >= 0.3 is 0 Å². The van der Waals surface area contributed by atoms with Crippen LogP contribution in [0, 0.1) is 6.92 Å². The lowest BCUT2D eigenvalue weighted by molar-refractivity contribution is 0.740. The molecule has 0 radical (unpaired) electrons. The highest BCUT2D eigenvalue weighted by Crippen LogP contribution is 2.55. The minimum Gasteiger partial charge on any atom is -0.277 e. The van der Waals surface area contributed by atoms with Crippen LogP contribution in [0.15, 0.2) is 109 Å². The average molecular weight is 551 g/mol. The van der Waals surface area contributed by atoms with Crippen LogP contribution in [0.25, 0.3) is 71.8 Å². The van der Waals surface area contributed by atoms with E-state index in [0.29, 0.717) is 11.9 Å². The fourth-order valence-corrected chi connectivity index (χ4v) is 8.04. The Morgan fingerprint density at radius 3 is 2.51 bits per heavy atom. The van der Waals surface area contributed by atoms with Crippen LogP contribution in [-0.2, 0) is 6.42 Å². The number of nitrogens with zero attached hydrogens (tertiary/aromatic N) is 4. The Balaban J connectivity index is 1.46. The van der Waals surface area contributed by atoms with Crippen molar-refractivity contribution >= 4 is 43.6 Å². The van der Waals surface area contributed by atoms with Crippen LogP contribution >= 0.6 is 0 Å². The molecule has 2 aliphatic carbocycles. The van der Waals surface area contributed by atoms with Crippen LogP contribution in [0.1, 0.15) is 34.7 Å². The van der Waals surface area contributed by atoms with Crippen molar-refractivity contribution in [3.8, 4) is 28.2 Å². The molecule has 0 N–H and O–H groups in total. The van der Waals surface area contributed by atoms with Crippen molar-refractivity contribution in [3.05, 3.63) is 132 Å². The van der Waals surface area contributed by atoms with E-state index in [4.69, 9.17) is 9.97 Å². The smallest absolute Gasteiger partial charge is 0.235 e. The molecule has 1 unspecified atom stereocenters. The van der Waals surface area contributed by atoms with Crippen molar-refractivity contribution in [1.82, 2.24) is 19.5 Å². The average Bonchev–Trinajstić information content (AvgIpc) is 3.16. The van der Waals surface area contributed by atoms with Gasteiger partial charge in [-0.05, 0) is 88.2 Å². The molecule has 0 fully saturated rings. The number of fused-ring (bicyclic) bond motifs is 15. The highest BCUT2D eigenvalue weighted by Gasteiger charge is 2.35. The van der Waals surface area contributed by atoms with Crippen LogP contribution in [0.4, 0.5) is 0 Å². The second kappa shape index (κ2) is 8.36. The van der Waals surface area contributed by atoms with Crippen molar-refractivity contribution in [2.75, 3.05) is 0 Å². The SMILES string of the molecule is Cc1nc(-n2c3ccccc3c3cc4c5c(c32)-c2ccc3ccccc3c2C(CC5)c2ccccc2-4)nc2cccnc12. The maximum atomic E-state index is 5.13. The molecule has 4 nitrogen and oxygen atoms in total. The van der Waals surface area contributed by atoms with Gasteiger partial charge in [0.05, 0.1) is 22.2 Å². The molecular weight excluding hydrogens is 524 g/mol. The number of pyridine rings is 1. The fourth-order valence-electron chi connectivity index (χ4n) is 8.04. The molecule has 0 saturated carbocycles. The van der Waals surface area contributed by atoms with E-state index in [2.05, 4.69) is 101 Å². The Morgan fingerprint density at radius 2 is 1.56 bits per heavy atom. The van der Waals surface area contributed by atoms with Gasteiger partial charge in [-0.15, -0.1) is 0 Å². The molecule has 0 amide bonds. The predicted molar refractivity (Wildman–Crippen MR) is 175 cm³/mol. The first-order valence-corrected chi connectivity index (χ1v) is 15.1. The molecule has 5 aromatic carbocycles. The van der Waals surface area contributed by atoms with Crippen molar-refractivity contribution in [2.24, 2.45) is 0 Å². The largest absolute Gasteiger partial charge is 0.277 e. The Bertz CT molecular complexity index is 2490. The normalized spacial score (nSPS) is 15.1. The number of para-hydroxylation sites is 1. The first-order valence-electron chi connectivity index (χ1n) is 15.1. The summed E-state index contributed by atoms with van der Waals surface area (Å²) in [5.41, 5.74) is 14.6. The summed E-state index contributed by atoms with van der Waals surface area (Å²) in [7, 11) is 0. The quantitative estimate of drug-likeness (QED) is 0.205. The van der Waals surface area contributed by atoms with Crippen molar-refractivity contribution < 1.29 is 0 Å². The molecule has 1 atom stereocenters. The van der Waals surface area contributed by atoms with E-state index in [9.17, 15) is 0 Å². The lowest BCUT2D eigenvalue weighted by Gasteiger charge is -2.26. The van der Waals surface area contributed by atoms with Crippen LogP contribution < -0.4 is 0 Å². The van der Waals surface area contributed by atoms with Crippen LogP contribution in [0.5, 0.6) is 0 Å². The highest BCUT2D eigenvalue weighted by atomic mass is 15.2. The summed E-state index contributed by atoms with van der Waals surface area (Å²) in [4.78, 5) is 14.8. The Hall–Kier alpha value is -5.35. The van der Waals surface area contributed by atoms with Crippen LogP contribution in [0.3, 0.4) is 0 Å². The van der Waals surface area contributed by atoms with E-state index >= 15 is 0 Å². The number of rotatable bonds is 1. The third kappa shape index (κ3) is 3.02. The van der Waals surface area contributed by atoms with Crippen LogP contribution in [-0.4, -0.2) is 19.5 Å². The molecule has 4 heteroatoms. The van der Waals surface area contributed by atoms with Gasteiger partial charge in [0, 0.05) is 28.5 Å². The Kier molecular flexibility index (Phi) is 4.52. The second-order valence-corrected chi connectivity index (χ2v) is 11.9. The van der Waals surface area contributed by atoms with Gasteiger partial charge in [-0.3, -0.25) is 9.55 Å². The van der Waals surface area contributed by atoms with E-state index in [1.165, 1.54) is 66.0 Å². The summed E-state index contributed by atoms with van der Waals surface area (Å²) < 4.78 is 2.32. The summed E-state index contributed by atoms with van der Waals surface area (Å²) in [6, 6.07) is 37.9. The van der Waals surface area contributed by atoms with E-state index in [-0.39, 0.29) is 0 Å². The third-order valence-corrected chi connectivity index (χ3v) is 9.78. The zero-order valence-corrected chi connectivity index (χ0v) is 23.7. The van der Waals surface area contributed by atoms with Crippen molar-refractivity contribution in [3.63, 3.8) is 0 Å². The van der Waals surface area contributed by atoms with Gasteiger partial charge in [0.2, 0.25) is 5.95 Å². The van der Waals surface area contributed by atoms with E-state index in [0.717, 1.165) is 35.1 Å². The Morgan fingerprint density at radius 1 is 0.721 bits per heavy atom.